The van der Waals surface area contributed by atoms with Crippen molar-refractivity contribution in [2.24, 2.45) is 0 Å². The van der Waals surface area contributed by atoms with Crippen molar-refractivity contribution in [1.29, 1.82) is 0 Å². The minimum Gasteiger partial charge on any atom is -0.303 e. The fourth-order valence-corrected chi connectivity index (χ4v) is 8.24. The van der Waals surface area contributed by atoms with Crippen molar-refractivity contribution in [2.45, 2.75) is 50.5 Å². The Morgan fingerprint density at radius 1 is 0.612 bits per heavy atom. The molecular weight excluding hydrogens is 595 g/mol. The van der Waals surface area contributed by atoms with Gasteiger partial charge in [-0.25, -0.2) is 0 Å². The summed E-state index contributed by atoms with van der Waals surface area (Å²) in [6, 6.07) is 58.4. The Labute approximate surface area is 291 Å². The predicted octanol–water partition coefficient (Wildman–Crippen LogP) is 10.9. The second kappa shape index (κ2) is 12.9. The summed E-state index contributed by atoms with van der Waals surface area (Å²) in [6.07, 6.45) is 4.43. The molecule has 6 aromatic rings. The maximum Gasteiger partial charge on any atom is 0.251 e. The van der Waals surface area contributed by atoms with Crippen molar-refractivity contribution in [3.8, 4) is 0 Å². The highest BCUT2D eigenvalue weighted by Gasteiger charge is 2.49. The van der Waals surface area contributed by atoms with Crippen molar-refractivity contribution in [1.82, 2.24) is 0 Å². The molecule has 242 valence electrons. The van der Waals surface area contributed by atoms with Gasteiger partial charge < -0.3 is 4.90 Å². The molecule has 6 aromatic carbocycles. The summed E-state index contributed by atoms with van der Waals surface area (Å²) in [7, 11) is 0. The minimum atomic E-state index is -0.594. The van der Waals surface area contributed by atoms with Crippen LogP contribution in [0.2, 0.25) is 0 Å². The van der Waals surface area contributed by atoms with Gasteiger partial charge in [0.25, 0.3) is 5.91 Å². The largest absolute Gasteiger partial charge is 0.303 e. The SMILES string of the molecule is Cc1ccc(C=CC(=O)N2c3ccc(C(c4ccccc4)(c4ccccc4)c4ccccc4)cc3C(C)(c3ccccc3)CC2(C)C)cc1. The van der Waals surface area contributed by atoms with Gasteiger partial charge in [-0.3, -0.25) is 4.79 Å². The van der Waals surface area contributed by atoms with Crippen molar-refractivity contribution < 1.29 is 4.79 Å². The molecule has 1 aliphatic rings. The standard InChI is InChI=1S/C47H43NO/c1-35-25-27-36(28-26-35)29-32-44(49)48-43-31-30-41(33-42(43)46(4,34-45(48,2)3)37-17-9-5-10-18-37)47(38-19-11-6-12-20-38,39-21-13-7-14-22-39)40-23-15-8-16-24-40/h5-33H,34H2,1-4H3. The molecule has 49 heavy (non-hydrogen) atoms. The summed E-state index contributed by atoms with van der Waals surface area (Å²) in [5.41, 5.74) is 8.90. The highest BCUT2D eigenvalue weighted by molar-refractivity contribution is 6.06. The van der Waals surface area contributed by atoms with Crippen molar-refractivity contribution in [2.75, 3.05) is 4.90 Å². The van der Waals surface area contributed by atoms with Crippen LogP contribution in [0.4, 0.5) is 5.69 Å². The normalized spacial score (nSPS) is 17.1. The second-order valence-electron chi connectivity index (χ2n) is 14.2. The third kappa shape index (κ3) is 5.72. The molecule has 0 bridgehead atoms. The number of nitrogens with zero attached hydrogens (tertiary/aromatic N) is 1. The van der Waals surface area contributed by atoms with Gasteiger partial charge in [0.1, 0.15) is 0 Å². The molecule has 0 aromatic heterocycles. The Kier molecular flexibility index (Phi) is 8.42. The number of hydrogen-bond donors (Lipinski definition) is 0. The zero-order valence-corrected chi connectivity index (χ0v) is 28.8. The van der Waals surface area contributed by atoms with E-state index >= 15 is 0 Å². The molecule has 0 saturated carbocycles. The number of anilines is 1. The molecule has 0 radical (unpaired) electrons. The first kappa shape index (κ1) is 32.1. The first-order valence-corrected chi connectivity index (χ1v) is 17.2. The molecule has 0 spiro atoms. The number of hydrogen-bond acceptors (Lipinski definition) is 1. The van der Waals surface area contributed by atoms with Crippen molar-refractivity contribution >= 4 is 17.7 Å². The number of carbonyl (C=O) groups is 1. The zero-order valence-electron chi connectivity index (χ0n) is 28.8. The molecule has 1 heterocycles. The van der Waals surface area contributed by atoms with E-state index in [-0.39, 0.29) is 11.3 Å². The van der Waals surface area contributed by atoms with Crippen LogP contribution in [0, 0.1) is 6.92 Å². The molecule has 0 saturated heterocycles. The number of amides is 1. The van der Waals surface area contributed by atoms with Gasteiger partial charge in [0, 0.05) is 22.7 Å². The molecule has 2 nitrogen and oxygen atoms in total. The van der Waals surface area contributed by atoms with E-state index in [0.29, 0.717) is 0 Å². The Balaban J connectivity index is 1.49. The van der Waals surface area contributed by atoms with Gasteiger partial charge >= 0.3 is 0 Å². The molecule has 0 fully saturated rings. The molecule has 1 unspecified atom stereocenters. The average molecular weight is 638 g/mol. The number of rotatable bonds is 7. The maximum atomic E-state index is 14.3. The van der Waals surface area contributed by atoms with Crippen LogP contribution in [-0.2, 0) is 15.6 Å². The first-order chi connectivity index (χ1) is 23.7. The maximum absolute atomic E-state index is 14.3. The van der Waals surface area contributed by atoms with E-state index in [4.69, 9.17) is 0 Å². The van der Waals surface area contributed by atoms with Crippen molar-refractivity contribution in [3.63, 3.8) is 0 Å². The van der Waals surface area contributed by atoms with Crippen LogP contribution in [0.15, 0.2) is 170 Å². The molecule has 1 aliphatic heterocycles. The lowest BCUT2D eigenvalue weighted by molar-refractivity contribution is -0.115. The van der Waals surface area contributed by atoms with E-state index in [0.717, 1.165) is 23.2 Å². The first-order valence-electron chi connectivity index (χ1n) is 17.2. The van der Waals surface area contributed by atoms with Crippen LogP contribution in [-0.4, -0.2) is 11.4 Å². The van der Waals surface area contributed by atoms with Gasteiger partial charge in [0.05, 0.1) is 5.41 Å². The summed E-state index contributed by atoms with van der Waals surface area (Å²) in [6.45, 7) is 8.83. The third-order valence-corrected chi connectivity index (χ3v) is 10.4. The van der Waals surface area contributed by atoms with Crippen molar-refractivity contribution in [3.05, 3.63) is 214 Å². The molecule has 7 rings (SSSR count). The van der Waals surface area contributed by atoms with Crippen LogP contribution >= 0.6 is 0 Å². The highest BCUT2D eigenvalue weighted by atomic mass is 16.2. The predicted molar refractivity (Wildman–Crippen MR) is 204 cm³/mol. The van der Waals surface area contributed by atoms with Crippen LogP contribution in [0.1, 0.15) is 71.7 Å². The van der Waals surface area contributed by atoms with Gasteiger partial charge in [-0.15, -0.1) is 0 Å². The van der Waals surface area contributed by atoms with Gasteiger partial charge in [-0.2, -0.15) is 0 Å². The summed E-state index contributed by atoms with van der Waals surface area (Å²) < 4.78 is 0. The molecule has 2 heteroatoms. The monoisotopic (exact) mass is 637 g/mol. The fourth-order valence-electron chi connectivity index (χ4n) is 8.24. The average Bonchev–Trinajstić information content (AvgIpc) is 3.13. The van der Waals surface area contributed by atoms with E-state index in [1.807, 2.05) is 11.0 Å². The Bertz CT molecular complexity index is 1980. The Hall–Kier alpha value is -5.47. The van der Waals surface area contributed by atoms with E-state index in [9.17, 15) is 4.79 Å². The van der Waals surface area contributed by atoms with Crippen LogP contribution in [0.5, 0.6) is 0 Å². The lowest BCUT2D eigenvalue weighted by Crippen LogP contribution is -2.55. The zero-order chi connectivity index (χ0) is 34.1. The third-order valence-electron chi connectivity index (χ3n) is 10.4. The van der Waals surface area contributed by atoms with Crippen LogP contribution in [0.25, 0.3) is 6.08 Å². The molecular formula is C47H43NO. The molecule has 1 atom stereocenters. The van der Waals surface area contributed by atoms with Gasteiger partial charge in [-0.05, 0) is 78.3 Å². The Morgan fingerprint density at radius 2 is 1.10 bits per heavy atom. The minimum absolute atomic E-state index is 0.0184. The molecule has 0 aliphatic carbocycles. The summed E-state index contributed by atoms with van der Waals surface area (Å²) >= 11 is 0. The van der Waals surface area contributed by atoms with Crippen LogP contribution < -0.4 is 4.90 Å². The van der Waals surface area contributed by atoms with Gasteiger partial charge in [-0.1, -0.05) is 170 Å². The van der Waals surface area contributed by atoms with Gasteiger partial charge in [0.2, 0.25) is 0 Å². The molecule has 0 N–H and O–H groups in total. The number of carbonyl (C=O) groups excluding carboxylic acids is 1. The number of fused-ring (bicyclic) bond motifs is 1. The Morgan fingerprint density at radius 3 is 1.61 bits per heavy atom. The summed E-state index contributed by atoms with van der Waals surface area (Å²) in [5, 5.41) is 0. The fraction of sp³-hybridized carbons (Fsp3) is 0.170. The number of aryl methyl sites for hydroxylation is 1. The topological polar surface area (TPSA) is 20.3 Å². The second-order valence-corrected chi connectivity index (χ2v) is 14.2. The van der Waals surface area contributed by atoms with E-state index in [1.54, 1.807) is 6.08 Å². The van der Waals surface area contributed by atoms with Crippen LogP contribution in [0.3, 0.4) is 0 Å². The summed E-state index contributed by atoms with van der Waals surface area (Å²) in [4.78, 5) is 16.4. The quantitative estimate of drug-likeness (QED) is 0.126. The lowest BCUT2D eigenvalue weighted by Gasteiger charge is -2.51. The van der Waals surface area contributed by atoms with Gasteiger partial charge in [0.15, 0.2) is 0 Å². The van der Waals surface area contributed by atoms with E-state index < -0.39 is 11.0 Å². The van der Waals surface area contributed by atoms with E-state index in [1.165, 1.54) is 33.4 Å². The lowest BCUT2D eigenvalue weighted by atomic mass is 9.61. The van der Waals surface area contributed by atoms with E-state index in [2.05, 4.69) is 191 Å². The molecule has 1 amide bonds. The smallest absolute Gasteiger partial charge is 0.251 e. The highest BCUT2D eigenvalue weighted by Crippen LogP contribution is 2.53. The summed E-state index contributed by atoms with van der Waals surface area (Å²) in [5.74, 6) is -0.0184. The number of benzene rings is 6.